The maximum atomic E-state index is 10.0. The van der Waals surface area contributed by atoms with Gasteiger partial charge in [0, 0.05) is 0 Å². The Morgan fingerprint density at radius 2 is 2.10 bits per heavy atom. The van der Waals surface area contributed by atoms with Crippen LogP contribution in [0.3, 0.4) is 0 Å². The monoisotopic (exact) mass is 137 g/mol. The van der Waals surface area contributed by atoms with Crippen molar-refractivity contribution in [2.24, 2.45) is 5.92 Å². The molecule has 1 amide bonds. The van der Waals surface area contributed by atoms with E-state index < -0.39 is 0 Å². The highest BCUT2D eigenvalue weighted by molar-refractivity contribution is 5.48. The van der Waals surface area contributed by atoms with Crippen LogP contribution in [0.4, 0.5) is 0 Å². The molecule has 1 aliphatic rings. The minimum atomic E-state index is 0.183. The summed E-state index contributed by atoms with van der Waals surface area (Å²) in [5.41, 5.74) is 0. The van der Waals surface area contributed by atoms with Gasteiger partial charge < -0.3 is 5.32 Å². The molecule has 0 aliphatic heterocycles. The van der Waals surface area contributed by atoms with Gasteiger partial charge in [-0.25, -0.2) is 0 Å². The molecular weight excluding hydrogens is 126 g/mol. The number of nitrogens with one attached hydrogen (secondary N) is 1. The van der Waals surface area contributed by atoms with Gasteiger partial charge in [0.25, 0.3) is 0 Å². The van der Waals surface area contributed by atoms with Gasteiger partial charge in [-0.1, -0.05) is 31.2 Å². The van der Waals surface area contributed by atoms with Gasteiger partial charge in [0.05, 0.1) is 6.04 Å². The number of rotatable bonds is 2. The Morgan fingerprint density at radius 3 is 2.70 bits per heavy atom. The second-order valence-electron chi connectivity index (χ2n) is 2.44. The number of hydrogen-bond acceptors (Lipinski definition) is 1. The average Bonchev–Trinajstić information content (AvgIpc) is 1.94. The molecule has 0 saturated carbocycles. The molecular formula is C8H11NO. The number of hydrogen-bond donors (Lipinski definition) is 1. The maximum absolute atomic E-state index is 10.0. The van der Waals surface area contributed by atoms with Crippen molar-refractivity contribution in [3.05, 3.63) is 24.3 Å². The van der Waals surface area contributed by atoms with Crippen molar-refractivity contribution < 1.29 is 4.79 Å². The predicted octanol–water partition coefficient (Wildman–Crippen LogP) is 0.863. The van der Waals surface area contributed by atoms with E-state index in [9.17, 15) is 4.79 Å². The lowest BCUT2D eigenvalue weighted by molar-refractivity contribution is -0.110. The molecule has 1 aliphatic carbocycles. The van der Waals surface area contributed by atoms with Crippen LogP contribution in [0.1, 0.15) is 6.92 Å². The quantitative estimate of drug-likeness (QED) is 0.562. The Balaban J connectivity index is 2.52. The lowest BCUT2D eigenvalue weighted by Gasteiger charge is -2.18. The van der Waals surface area contributed by atoms with Crippen LogP contribution in [-0.4, -0.2) is 12.5 Å². The molecule has 1 rings (SSSR count). The van der Waals surface area contributed by atoms with E-state index in [0.717, 1.165) is 6.41 Å². The third-order valence-electron chi connectivity index (χ3n) is 1.67. The summed E-state index contributed by atoms with van der Waals surface area (Å²) in [6, 6.07) is 0.183. The lowest BCUT2D eigenvalue weighted by atomic mass is 9.98. The Bertz CT molecular complexity index is 172. The van der Waals surface area contributed by atoms with Crippen LogP contribution >= 0.6 is 0 Å². The Kier molecular flexibility index (Phi) is 2.26. The van der Waals surface area contributed by atoms with E-state index in [1.165, 1.54) is 0 Å². The second-order valence-corrected chi connectivity index (χ2v) is 2.44. The molecule has 54 valence electrons. The molecule has 1 N–H and O–H groups in total. The third kappa shape index (κ3) is 1.47. The molecule has 0 spiro atoms. The second kappa shape index (κ2) is 3.20. The summed E-state index contributed by atoms with van der Waals surface area (Å²) in [5, 5.41) is 2.72. The van der Waals surface area contributed by atoms with Crippen LogP contribution in [0.2, 0.25) is 0 Å². The van der Waals surface area contributed by atoms with Crippen molar-refractivity contribution in [3.63, 3.8) is 0 Å². The zero-order valence-corrected chi connectivity index (χ0v) is 5.95. The largest absolute Gasteiger partial charge is 0.352 e. The van der Waals surface area contributed by atoms with E-state index in [-0.39, 0.29) is 6.04 Å². The summed E-state index contributed by atoms with van der Waals surface area (Å²) in [5.74, 6) is 0.412. The SMILES string of the molecule is CC1C=CC=CC1NC=O. The highest BCUT2D eigenvalue weighted by Crippen LogP contribution is 2.10. The first-order valence-electron chi connectivity index (χ1n) is 3.39. The van der Waals surface area contributed by atoms with Crippen LogP contribution in [0.25, 0.3) is 0 Å². The zero-order valence-electron chi connectivity index (χ0n) is 5.95. The van der Waals surface area contributed by atoms with Gasteiger partial charge in [0.2, 0.25) is 6.41 Å². The van der Waals surface area contributed by atoms with Crippen LogP contribution < -0.4 is 5.32 Å². The van der Waals surface area contributed by atoms with E-state index in [1.54, 1.807) is 0 Å². The molecule has 0 bridgehead atoms. The summed E-state index contributed by atoms with van der Waals surface area (Å²) in [6.45, 7) is 2.07. The first-order chi connectivity index (χ1) is 4.84. The normalized spacial score (nSPS) is 30.1. The molecule has 0 aromatic carbocycles. The number of carbonyl (C=O) groups excluding carboxylic acids is 1. The van der Waals surface area contributed by atoms with Gasteiger partial charge in [-0.3, -0.25) is 4.79 Å². The van der Waals surface area contributed by atoms with E-state index in [1.807, 2.05) is 18.2 Å². The number of amides is 1. The third-order valence-corrected chi connectivity index (χ3v) is 1.67. The molecule has 0 aromatic heterocycles. The zero-order chi connectivity index (χ0) is 7.40. The van der Waals surface area contributed by atoms with Crippen molar-refractivity contribution in [3.8, 4) is 0 Å². The Morgan fingerprint density at radius 1 is 1.40 bits per heavy atom. The van der Waals surface area contributed by atoms with Crippen LogP contribution in [0.15, 0.2) is 24.3 Å². The molecule has 0 saturated heterocycles. The highest BCUT2D eigenvalue weighted by atomic mass is 16.1. The summed E-state index contributed by atoms with van der Waals surface area (Å²) in [6.07, 6.45) is 8.74. The van der Waals surface area contributed by atoms with Gasteiger partial charge in [0.1, 0.15) is 0 Å². The highest BCUT2D eigenvalue weighted by Gasteiger charge is 2.11. The molecule has 10 heavy (non-hydrogen) atoms. The number of carbonyl (C=O) groups is 1. The first-order valence-corrected chi connectivity index (χ1v) is 3.39. The Labute approximate surface area is 60.6 Å². The molecule has 2 atom stereocenters. The van der Waals surface area contributed by atoms with E-state index in [0.29, 0.717) is 5.92 Å². The average molecular weight is 137 g/mol. The molecule has 2 nitrogen and oxygen atoms in total. The molecule has 0 heterocycles. The number of allylic oxidation sites excluding steroid dienone is 2. The molecule has 2 unspecified atom stereocenters. The minimum absolute atomic E-state index is 0.183. The van der Waals surface area contributed by atoms with Crippen molar-refractivity contribution in [1.82, 2.24) is 5.32 Å². The van der Waals surface area contributed by atoms with Crippen molar-refractivity contribution >= 4 is 6.41 Å². The van der Waals surface area contributed by atoms with E-state index in [4.69, 9.17) is 0 Å². The van der Waals surface area contributed by atoms with Gasteiger partial charge >= 0.3 is 0 Å². The standard InChI is InChI=1S/C8H11NO/c1-7-4-2-3-5-8(7)9-6-10/h2-8H,1H3,(H,9,10). The maximum Gasteiger partial charge on any atom is 0.207 e. The van der Waals surface area contributed by atoms with Crippen molar-refractivity contribution in [2.75, 3.05) is 0 Å². The smallest absolute Gasteiger partial charge is 0.207 e. The summed E-state index contributed by atoms with van der Waals surface area (Å²) < 4.78 is 0. The minimum Gasteiger partial charge on any atom is -0.352 e. The van der Waals surface area contributed by atoms with Crippen molar-refractivity contribution in [1.29, 1.82) is 0 Å². The van der Waals surface area contributed by atoms with E-state index in [2.05, 4.69) is 18.3 Å². The Hall–Kier alpha value is -1.05. The van der Waals surface area contributed by atoms with Crippen LogP contribution in [0.5, 0.6) is 0 Å². The first kappa shape index (κ1) is 7.06. The van der Waals surface area contributed by atoms with Crippen molar-refractivity contribution in [2.45, 2.75) is 13.0 Å². The topological polar surface area (TPSA) is 29.1 Å². The molecule has 0 aromatic rings. The molecule has 2 heteroatoms. The summed E-state index contributed by atoms with van der Waals surface area (Å²) >= 11 is 0. The van der Waals surface area contributed by atoms with Crippen LogP contribution in [0, 0.1) is 5.92 Å². The van der Waals surface area contributed by atoms with Gasteiger partial charge in [-0.2, -0.15) is 0 Å². The lowest BCUT2D eigenvalue weighted by Crippen LogP contribution is -2.32. The summed E-state index contributed by atoms with van der Waals surface area (Å²) in [4.78, 5) is 10.0. The van der Waals surface area contributed by atoms with Crippen LogP contribution in [-0.2, 0) is 4.79 Å². The fourth-order valence-electron chi connectivity index (χ4n) is 1.00. The van der Waals surface area contributed by atoms with E-state index >= 15 is 0 Å². The molecule has 0 radical (unpaired) electrons. The fourth-order valence-corrected chi connectivity index (χ4v) is 1.00. The van der Waals surface area contributed by atoms with Gasteiger partial charge in [-0.15, -0.1) is 0 Å². The van der Waals surface area contributed by atoms with Gasteiger partial charge in [0.15, 0.2) is 0 Å². The fraction of sp³-hybridized carbons (Fsp3) is 0.375. The summed E-state index contributed by atoms with van der Waals surface area (Å²) in [7, 11) is 0. The van der Waals surface area contributed by atoms with Gasteiger partial charge in [-0.05, 0) is 5.92 Å². The predicted molar refractivity (Wildman–Crippen MR) is 40.4 cm³/mol. The molecule has 0 fully saturated rings.